The number of aromatic nitrogens is 5. The maximum Gasteiger partial charge on any atom is 0.164 e. The monoisotopic (exact) mass is 398 g/mol. The molecule has 142 valence electrons. The van der Waals surface area contributed by atoms with Gasteiger partial charge in [-0.05, 0) is 24.6 Å². The molecule has 0 unspecified atom stereocenters. The molecule has 0 atom stereocenters. The molecule has 1 N–H and O–H groups in total. The number of pyridine rings is 1. The third kappa shape index (κ3) is 3.36. The Morgan fingerprint density at radius 1 is 1.00 bits per heavy atom. The molecule has 0 spiro atoms. The molecular weight excluding hydrogens is 380 g/mol. The lowest BCUT2D eigenvalue weighted by molar-refractivity contribution is 0.660. The lowest BCUT2D eigenvalue weighted by Gasteiger charge is -2.09. The maximum atomic E-state index is 4.87. The van der Waals surface area contributed by atoms with Gasteiger partial charge in [-0.15, -0.1) is 11.3 Å². The van der Waals surface area contributed by atoms with E-state index < -0.39 is 0 Å². The number of nitrogens with zero attached hydrogens (tertiary/aromatic N) is 5. The minimum Gasteiger partial charge on any atom is -0.337 e. The van der Waals surface area contributed by atoms with Gasteiger partial charge in [0.2, 0.25) is 0 Å². The average Bonchev–Trinajstić information content (AvgIpc) is 3.42. The molecule has 0 aliphatic rings. The number of hydrogen-bond donors (Lipinski definition) is 1. The number of hydrogen-bond acceptors (Lipinski definition) is 6. The van der Waals surface area contributed by atoms with E-state index in [2.05, 4.69) is 39.8 Å². The number of rotatable bonds is 5. The standard InChI is InChI=1S/C22H18N6S/c1-2-28-13-17(12-24-28)25-21-19-18(15-7-4-3-5-8-15)14-29-22(19)27-20(26-21)16-9-6-10-23-11-16/h3-14H,2H2,1H3,(H,25,26,27). The van der Waals surface area contributed by atoms with E-state index in [1.807, 2.05) is 47.4 Å². The van der Waals surface area contributed by atoms with E-state index in [9.17, 15) is 0 Å². The molecule has 4 heterocycles. The van der Waals surface area contributed by atoms with Crippen LogP contribution < -0.4 is 5.32 Å². The summed E-state index contributed by atoms with van der Waals surface area (Å²) in [6.07, 6.45) is 7.33. The van der Waals surface area contributed by atoms with Crippen LogP contribution >= 0.6 is 11.3 Å². The summed E-state index contributed by atoms with van der Waals surface area (Å²) in [5.74, 6) is 1.42. The predicted molar refractivity (Wildman–Crippen MR) is 117 cm³/mol. The van der Waals surface area contributed by atoms with E-state index in [4.69, 9.17) is 9.97 Å². The smallest absolute Gasteiger partial charge is 0.164 e. The van der Waals surface area contributed by atoms with Crippen molar-refractivity contribution >= 4 is 33.1 Å². The molecule has 0 bridgehead atoms. The zero-order chi connectivity index (χ0) is 19.6. The van der Waals surface area contributed by atoms with Gasteiger partial charge in [0.15, 0.2) is 5.82 Å². The fraction of sp³-hybridized carbons (Fsp3) is 0.0909. The summed E-state index contributed by atoms with van der Waals surface area (Å²) in [6, 6.07) is 14.2. The Labute approximate surface area is 171 Å². The molecule has 29 heavy (non-hydrogen) atoms. The SMILES string of the molecule is CCn1cc(Nc2nc(-c3cccnc3)nc3scc(-c4ccccc4)c23)cn1. The molecule has 0 aliphatic carbocycles. The van der Waals surface area contributed by atoms with Crippen molar-refractivity contribution in [3.8, 4) is 22.5 Å². The van der Waals surface area contributed by atoms with Gasteiger partial charge in [-0.3, -0.25) is 9.67 Å². The largest absolute Gasteiger partial charge is 0.337 e. The molecule has 0 aliphatic heterocycles. The Morgan fingerprint density at radius 3 is 2.62 bits per heavy atom. The molecule has 1 aromatic carbocycles. The molecule has 5 rings (SSSR count). The van der Waals surface area contributed by atoms with Crippen LogP contribution in [0.25, 0.3) is 32.7 Å². The summed E-state index contributed by atoms with van der Waals surface area (Å²) in [4.78, 5) is 14.8. The van der Waals surface area contributed by atoms with Gasteiger partial charge < -0.3 is 5.32 Å². The van der Waals surface area contributed by atoms with Crippen molar-refractivity contribution in [1.82, 2.24) is 24.7 Å². The zero-order valence-electron chi connectivity index (χ0n) is 15.8. The average molecular weight is 398 g/mol. The highest BCUT2D eigenvalue weighted by molar-refractivity contribution is 7.17. The third-order valence-corrected chi connectivity index (χ3v) is 5.53. The van der Waals surface area contributed by atoms with Crippen LogP contribution in [0.3, 0.4) is 0 Å². The lowest BCUT2D eigenvalue weighted by Crippen LogP contribution is -1.99. The summed E-state index contributed by atoms with van der Waals surface area (Å²) in [6.45, 7) is 2.88. The first kappa shape index (κ1) is 17.5. The number of nitrogens with one attached hydrogen (secondary N) is 1. The first-order chi connectivity index (χ1) is 14.3. The normalized spacial score (nSPS) is 11.1. The molecule has 0 fully saturated rings. The second kappa shape index (κ2) is 7.44. The van der Waals surface area contributed by atoms with Crippen LogP contribution in [0.1, 0.15) is 6.92 Å². The minimum absolute atomic E-state index is 0.650. The number of anilines is 2. The highest BCUT2D eigenvalue weighted by Crippen LogP contribution is 2.38. The highest BCUT2D eigenvalue weighted by atomic mass is 32.1. The summed E-state index contributed by atoms with van der Waals surface area (Å²) in [5.41, 5.74) is 4.04. The van der Waals surface area contributed by atoms with E-state index in [1.54, 1.807) is 23.7 Å². The van der Waals surface area contributed by atoms with E-state index >= 15 is 0 Å². The van der Waals surface area contributed by atoms with Gasteiger partial charge in [0.1, 0.15) is 10.6 Å². The second-order valence-electron chi connectivity index (χ2n) is 6.54. The third-order valence-electron chi connectivity index (χ3n) is 4.66. The van der Waals surface area contributed by atoms with Crippen molar-refractivity contribution in [3.63, 3.8) is 0 Å². The van der Waals surface area contributed by atoms with Gasteiger partial charge in [0.05, 0.1) is 17.3 Å². The van der Waals surface area contributed by atoms with Crippen molar-refractivity contribution in [2.45, 2.75) is 13.5 Å². The highest BCUT2D eigenvalue weighted by Gasteiger charge is 2.17. The van der Waals surface area contributed by atoms with Crippen molar-refractivity contribution in [1.29, 1.82) is 0 Å². The van der Waals surface area contributed by atoms with Crippen LogP contribution in [-0.2, 0) is 6.54 Å². The fourth-order valence-electron chi connectivity index (χ4n) is 3.22. The first-order valence-electron chi connectivity index (χ1n) is 9.36. The molecule has 4 aromatic heterocycles. The second-order valence-corrected chi connectivity index (χ2v) is 7.40. The fourth-order valence-corrected chi connectivity index (χ4v) is 4.17. The topological polar surface area (TPSA) is 68.5 Å². The van der Waals surface area contributed by atoms with Gasteiger partial charge in [0.25, 0.3) is 0 Å². The summed E-state index contributed by atoms with van der Waals surface area (Å²) in [7, 11) is 0. The summed E-state index contributed by atoms with van der Waals surface area (Å²) < 4.78 is 1.88. The predicted octanol–water partition coefficient (Wildman–Crippen LogP) is 5.38. The molecule has 6 nitrogen and oxygen atoms in total. The number of fused-ring (bicyclic) bond motifs is 1. The van der Waals surface area contributed by atoms with E-state index in [0.29, 0.717) is 5.82 Å². The Morgan fingerprint density at radius 2 is 1.86 bits per heavy atom. The van der Waals surface area contributed by atoms with Crippen LogP contribution in [0.5, 0.6) is 0 Å². The van der Waals surface area contributed by atoms with Crippen molar-refractivity contribution < 1.29 is 0 Å². The Balaban J connectivity index is 1.70. The van der Waals surface area contributed by atoms with Crippen LogP contribution in [-0.4, -0.2) is 24.7 Å². The van der Waals surface area contributed by atoms with Crippen molar-refractivity contribution in [2.24, 2.45) is 0 Å². The zero-order valence-corrected chi connectivity index (χ0v) is 16.6. The molecular formula is C22H18N6S. The summed E-state index contributed by atoms with van der Waals surface area (Å²) >= 11 is 1.62. The van der Waals surface area contributed by atoms with E-state index in [1.165, 1.54) is 0 Å². The van der Waals surface area contributed by atoms with Crippen LogP contribution in [0.15, 0.2) is 72.6 Å². The molecule has 5 aromatic rings. The van der Waals surface area contributed by atoms with E-state index in [-0.39, 0.29) is 0 Å². The molecule has 0 saturated heterocycles. The van der Waals surface area contributed by atoms with Crippen molar-refractivity contribution in [3.05, 3.63) is 72.6 Å². The minimum atomic E-state index is 0.650. The molecule has 0 radical (unpaired) electrons. The molecule has 7 heteroatoms. The van der Waals surface area contributed by atoms with Gasteiger partial charge >= 0.3 is 0 Å². The van der Waals surface area contributed by atoms with E-state index in [0.717, 1.165) is 45.0 Å². The van der Waals surface area contributed by atoms with Gasteiger partial charge in [-0.25, -0.2) is 9.97 Å². The Hall–Kier alpha value is -3.58. The summed E-state index contributed by atoms with van der Waals surface area (Å²) in [5, 5.41) is 11.0. The van der Waals surface area contributed by atoms with Gasteiger partial charge in [-0.1, -0.05) is 30.3 Å². The lowest BCUT2D eigenvalue weighted by atomic mass is 10.1. The number of thiophene rings is 1. The molecule has 0 saturated carbocycles. The van der Waals surface area contributed by atoms with Gasteiger partial charge in [-0.2, -0.15) is 5.10 Å². The Kier molecular flexibility index (Phi) is 4.50. The quantitative estimate of drug-likeness (QED) is 0.430. The van der Waals surface area contributed by atoms with Crippen LogP contribution in [0, 0.1) is 0 Å². The number of aryl methyl sites for hydroxylation is 1. The maximum absolute atomic E-state index is 4.87. The molecule has 0 amide bonds. The first-order valence-corrected chi connectivity index (χ1v) is 10.2. The number of benzene rings is 1. The van der Waals surface area contributed by atoms with Crippen molar-refractivity contribution in [2.75, 3.05) is 5.32 Å². The Bertz CT molecular complexity index is 1260. The van der Waals surface area contributed by atoms with Crippen LogP contribution in [0.2, 0.25) is 0 Å². The van der Waals surface area contributed by atoms with Gasteiger partial charge in [0, 0.05) is 41.6 Å². The van der Waals surface area contributed by atoms with Crippen LogP contribution in [0.4, 0.5) is 11.5 Å².